The predicted octanol–water partition coefficient (Wildman–Crippen LogP) is 0.672. The Kier molecular flexibility index (Phi) is 3.03. The van der Waals surface area contributed by atoms with Crippen molar-refractivity contribution < 1.29 is 0 Å². The van der Waals surface area contributed by atoms with Gasteiger partial charge in [0.2, 0.25) is 0 Å². The lowest BCUT2D eigenvalue weighted by Crippen LogP contribution is -2.23. The van der Waals surface area contributed by atoms with Crippen LogP contribution in [0.1, 0.15) is 5.69 Å². The number of hydrogen-bond donors (Lipinski definition) is 1. The second-order valence-electron chi connectivity index (χ2n) is 3.05. The third-order valence-corrected chi connectivity index (χ3v) is 1.94. The van der Waals surface area contributed by atoms with Crippen molar-refractivity contribution in [3.05, 3.63) is 46.4 Å². The van der Waals surface area contributed by atoms with Gasteiger partial charge in [0, 0.05) is 24.8 Å². The summed E-state index contributed by atoms with van der Waals surface area (Å²) in [5.41, 5.74) is 7.19. The molecule has 0 saturated heterocycles. The van der Waals surface area contributed by atoms with Gasteiger partial charge in [-0.05, 0) is 18.6 Å². The van der Waals surface area contributed by atoms with Gasteiger partial charge < -0.3 is 10.3 Å². The zero-order valence-corrected chi connectivity index (χ0v) is 7.79. The Morgan fingerprint density at radius 1 is 1.62 bits per heavy atom. The molecule has 1 rings (SSSR count). The number of rotatable bonds is 3. The molecule has 0 bridgehead atoms. The lowest BCUT2D eigenvalue weighted by molar-refractivity contribution is 0.710. The molecule has 0 aliphatic heterocycles. The zero-order chi connectivity index (χ0) is 9.84. The van der Waals surface area contributed by atoms with E-state index in [4.69, 9.17) is 5.73 Å². The number of aromatic nitrogens is 1. The van der Waals surface area contributed by atoms with Gasteiger partial charge in [-0.1, -0.05) is 12.6 Å². The van der Waals surface area contributed by atoms with Crippen molar-refractivity contribution in [2.75, 3.05) is 6.54 Å². The first kappa shape index (κ1) is 9.74. The van der Waals surface area contributed by atoms with E-state index in [-0.39, 0.29) is 5.56 Å². The smallest absolute Gasteiger partial charge is 0.251 e. The second-order valence-corrected chi connectivity index (χ2v) is 3.05. The van der Waals surface area contributed by atoms with Crippen molar-refractivity contribution in [2.45, 2.75) is 13.5 Å². The molecule has 2 N–H and O–H groups in total. The molecule has 3 nitrogen and oxygen atoms in total. The van der Waals surface area contributed by atoms with Crippen LogP contribution in [0.2, 0.25) is 0 Å². The molecular formula is C10H14N2O. The third-order valence-electron chi connectivity index (χ3n) is 1.94. The summed E-state index contributed by atoms with van der Waals surface area (Å²) in [6, 6.07) is 5.18. The topological polar surface area (TPSA) is 48.0 Å². The number of nitrogens with zero attached hydrogens (tertiary/aromatic N) is 1. The molecule has 0 atom stereocenters. The van der Waals surface area contributed by atoms with Crippen LogP contribution in [0.5, 0.6) is 0 Å². The van der Waals surface area contributed by atoms with Crippen LogP contribution in [0.4, 0.5) is 0 Å². The van der Waals surface area contributed by atoms with Gasteiger partial charge in [0.25, 0.3) is 5.56 Å². The van der Waals surface area contributed by atoms with Crippen molar-refractivity contribution >= 4 is 0 Å². The van der Waals surface area contributed by atoms with E-state index >= 15 is 0 Å². The van der Waals surface area contributed by atoms with Crippen molar-refractivity contribution in [3.63, 3.8) is 0 Å². The molecule has 0 unspecified atom stereocenters. The van der Waals surface area contributed by atoms with Gasteiger partial charge in [0.05, 0.1) is 0 Å². The number of aryl methyl sites for hydroxylation is 1. The molecule has 3 heteroatoms. The third kappa shape index (κ3) is 2.29. The van der Waals surface area contributed by atoms with E-state index in [1.54, 1.807) is 10.6 Å². The Morgan fingerprint density at radius 3 is 2.85 bits per heavy atom. The second kappa shape index (κ2) is 4.05. The Bertz CT molecular complexity index is 365. The normalized spacial score (nSPS) is 10.0. The molecule has 13 heavy (non-hydrogen) atoms. The predicted molar refractivity (Wildman–Crippen MR) is 53.6 cm³/mol. The first-order chi connectivity index (χ1) is 6.15. The monoisotopic (exact) mass is 178 g/mol. The first-order valence-corrected chi connectivity index (χ1v) is 4.18. The van der Waals surface area contributed by atoms with Crippen molar-refractivity contribution in [1.82, 2.24) is 4.57 Å². The molecule has 0 amide bonds. The maximum Gasteiger partial charge on any atom is 0.251 e. The summed E-state index contributed by atoms with van der Waals surface area (Å²) < 4.78 is 1.66. The largest absolute Gasteiger partial charge is 0.327 e. The molecular weight excluding hydrogens is 164 g/mol. The minimum Gasteiger partial charge on any atom is -0.327 e. The van der Waals surface area contributed by atoms with E-state index in [0.717, 1.165) is 11.3 Å². The maximum atomic E-state index is 11.4. The molecule has 0 spiro atoms. The Hall–Kier alpha value is -1.35. The number of hydrogen-bond acceptors (Lipinski definition) is 2. The highest BCUT2D eigenvalue weighted by Gasteiger charge is 1.99. The van der Waals surface area contributed by atoms with Gasteiger partial charge in [0.1, 0.15) is 0 Å². The molecule has 0 aliphatic rings. The molecule has 1 aromatic heterocycles. The average molecular weight is 178 g/mol. The SMILES string of the molecule is C=C(CN)Cn1c(C)cccc1=O. The fourth-order valence-corrected chi connectivity index (χ4v) is 1.11. The summed E-state index contributed by atoms with van der Waals surface area (Å²) in [6.45, 7) is 6.59. The summed E-state index contributed by atoms with van der Waals surface area (Å²) in [5, 5.41) is 0. The first-order valence-electron chi connectivity index (χ1n) is 4.18. The highest BCUT2D eigenvalue weighted by molar-refractivity contribution is 5.08. The summed E-state index contributed by atoms with van der Waals surface area (Å²) in [4.78, 5) is 11.4. The van der Waals surface area contributed by atoms with Crippen molar-refractivity contribution in [3.8, 4) is 0 Å². The summed E-state index contributed by atoms with van der Waals surface area (Å²) in [5.74, 6) is 0. The molecule has 1 heterocycles. The van der Waals surface area contributed by atoms with E-state index in [1.165, 1.54) is 6.07 Å². The van der Waals surface area contributed by atoms with Crippen molar-refractivity contribution in [1.29, 1.82) is 0 Å². The van der Waals surface area contributed by atoms with Gasteiger partial charge >= 0.3 is 0 Å². The number of nitrogens with two attached hydrogens (primary N) is 1. The summed E-state index contributed by atoms with van der Waals surface area (Å²) in [6.07, 6.45) is 0. The van der Waals surface area contributed by atoms with Gasteiger partial charge in [-0.15, -0.1) is 0 Å². The Balaban J connectivity index is 3.00. The lowest BCUT2D eigenvalue weighted by atomic mass is 10.3. The van der Waals surface area contributed by atoms with Crippen LogP contribution in [0.3, 0.4) is 0 Å². The summed E-state index contributed by atoms with van der Waals surface area (Å²) >= 11 is 0. The van der Waals surface area contributed by atoms with E-state index < -0.39 is 0 Å². The molecule has 1 aromatic rings. The zero-order valence-electron chi connectivity index (χ0n) is 7.79. The minimum absolute atomic E-state index is 0.00500. The molecule has 0 aliphatic carbocycles. The minimum atomic E-state index is -0.00500. The van der Waals surface area contributed by atoms with E-state index in [1.807, 2.05) is 13.0 Å². The van der Waals surface area contributed by atoms with Crippen LogP contribution in [0, 0.1) is 6.92 Å². The number of pyridine rings is 1. The highest BCUT2D eigenvalue weighted by Crippen LogP contribution is 1.97. The van der Waals surface area contributed by atoms with Crippen LogP contribution < -0.4 is 11.3 Å². The van der Waals surface area contributed by atoms with Gasteiger partial charge in [-0.3, -0.25) is 4.79 Å². The average Bonchev–Trinajstić information content (AvgIpc) is 2.11. The van der Waals surface area contributed by atoms with Crippen LogP contribution in [0.15, 0.2) is 35.1 Å². The molecule has 0 aromatic carbocycles. The van der Waals surface area contributed by atoms with Gasteiger partial charge in [-0.2, -0.15) is 0 Å². The Labute approximate surface area is 77.5 Å². The van der Waals surface area contributed by atoms with Gasteiger partial charge in [-0.25, -0.2) is 0 Å². The fraction of sp³-hybridized carbons (Fsp3) is 0.300. The van der Waals surface area contributed by atoms with Crippen molar-refractivity contribution in [2.24, 2.45) is 5.73 Å². The van der Waals surface area contributed by atoms with E-state index in [2.05, 4.69) is 6.58 Å². The van der Waals surface area contributed by atoms with E-state index in [9.17, 15) is 4.79 Å². The quantitative estimate of drug-likeness (QED) is 0.692. The molecule has 0 fully saturated rings. The maximum absolute atomic E-state index is 11.4. The molecule has 0 radical (unpaired) electrons. The van der Waals surface area contributed by atoms with Crippen LogP contribution >= 0.6 is 0 Å². The van der Waals surface area contributed by atoms with Crippen LogP contribution in [-0.2, 0) is 6.54 Å². The van der Waals surface area contributed by atoms with E-state index in [0.29, 0.717) is 13.1 Å². The standard InChI is InChI=1S/C10H14N2O/c1-8(6-11)7-12-9(2)4-3-5-10(12)13/h3-5H,1,6-7,11H2,2H3. The van der Waals surface area contributed by atoms with Gasteiger partial charge in [0.15, 0.2) is 0 Å². The van der Waals surface area contributed by atoms with Crippen LogP contribution in [0.25, 0.3) is 0 Å². The fourth-order valence-electron chi connectivity index (χ4n) is 1.11. The summed E-state index contributed by atoms with van der Waals surface area (Å²) in [7, 11) is 0. The Morgan fingerprint density at radius 2 is 2.31 bits per heavy atom. The van der Waals surface area contributed by atoms with Crippen LogP contribution in [-0.4, -0.2) is 11.1 Å². The molecule has 0 saturated carbocycles. The molecule has 70 valence electrons. The highest BCUT2D eigenvalue weighted by atomic mass is 16.1. The lowest BCUT2D eigenvalue weighted by Gasteiger charge is -2.09.